The van der Waals surface area contributed by atoms with Gasteiger partial charge in [0.1, 0.15) is 5.60 Å². The highest BCUT2D eigenvalue weighted by Gasteiger charge is 2.38. The van der Waals surface area contributed by atoms with Crippen molar-refractivity contribution >= 4 is 6.09 Å². The number of piperidine rings is 1. The predicted octanol–water partition coefficient (Wildman–Crippen LogP) is 4.49. The van der Waals surface area contributed by atoms with Gasteiger partial charge in [0.2, 0.25) is 0 Å². The molecule has 0 radical (unpaired) electrons. The summed E-state index contributed by atoms with van der Waals surface area (Å²) in [5.74, 6) is 0. The molecular formula is C20H28N2O2. The summed E-state index contributed by atoms with van der Waals surface area (Å²) in [5.41, 5.74) is 3.09. The minimum atomic E-state index is -0.480. The minimum Gasteiger partial charge on any atom is -0.444 e. The number of ether oxygens (including phenoxy) is 1. The summed E-state index contributed by atoms with van der Waals surface area (Å²) in [4.78, 5) is 14.0. The van der Waals surface area contributed by atoms with Crippen LogP contribution >= 0.6 is 0 Å². The average Bonchev–Trinajstić information content (AvgIpc) is 2.49. The molecule has 1 aliphatic heterocycles. The van der Waals surface area contributed by atoms with Gasteiger partial charge in [0.05, 0.1) is 6.07 Å². The number of amides is 1. The molecule has 0 aliphatic carbocycles. The molecule has 1 aromatic rings. The Labute approximate surface area is 145 Å². The van der Waals surface area contributed by atoms with Crippen LogP contribution in [0.25, 0.3) is 0 Å². The summed E-state index contributed by atoms with van der Waals surface area (Å²) in [6, 6.07) is 8.83. The summed E-state index contributed by atoms with van der Waals surface area (Å²) in [6.07, 6.45) is 1.82. The average molecular weight is 328 g/mol. The zero-order chi connectivity index (χ0) is 18.0. The van der Waals surface area contributed by atoms with Gasteiger partial charge in [-0.15, -0.1) is 0 Å². The lowest BCUT2D eigenvalue weighted by atomic mass is 9.70. The highest BCUT2D eigenvalue weighted by atomic mass is 16.6. The van der Waals surface area contributed by atoms with E-state index in [1.165, 1.54) is 16.7 Å². The number of aryl methyl sites for hydroxylation is 2. The summed E-state index contributed by atoms with van der Waals surface area (Å²) in [7, 11) is 0. The Morgan fingerprint density at radius 3 is 2.38 bits per heavy atom. The van der Waals surface area contributed by atoms with Gasteiger partial charge < -0.3 is 9.64 Å². The molecule has 24 heavy (non-hydrogen) atoms. The molecule has 0 spiro atoms. The van der Waals surface area contributed by atoms with Crippen LogP contribution in [0.2, 0.25) is 0 Å². The Kier molecular flexibility index (Phi) is 5.22. The SMILES string of the molecule is Cc1ccc(C2(CC#N)CCN(C(=O)OC(C)(C)C)CC2)cc1C. The van der Waals surface area contributed by atoms with Crippen LogP contribution in [0.5, 0.6) is 0 Å². The van der Waals surface area contributed by atoms with Gasteiger partial charge in [0, 0.05) is 24.9 Å². The van der Waals surface area contributed by atoms with Gasteiger partial charge in [-0.25, -0.2) is 4.79 Å². The van der Waals surface area contributed by atoms with E-state index in [1.54, 1.807) is 4.90 Å². The van der Waals surface area contributed by atoms with Crippen molar-refractivity contribution in [2.75, 3.05) is 13.1 Å². The number of nitrogens with zero attached hydrogens (tertiary/aromatic N) is 2. The van der Waals surface area contributed by atoms with Crippen LogP contribution in [0.1, 0.15) is 56.7 Å². The number of carbonyl (C=O) groups is 1. The standard InChI is InChI=1S/C20H28N2O2/c1-15-6-7-17(14-16(15)2)20(8-11-21)9-12-22(13-10-20)18(23)24-19(3,4)5/h6-7,14H,8-10,12-13H2,1-5H3. The maximum Gasteiger partial charge on any atom is 0.410 e. The lowest BCUT2D eigenvalue weighted by molar-refractivity contribution is 0.0165. The van der Waals surface area contributed by atoms with Crippen LogP contribution in [-0.2, 0) is 10.2 Å². The number of rotatable bonds is 2. The summed E-state index contributed by atoms with van der Waals surface area (Å²) >= 11 is 0. The van der Waals surface area contributed by atoms with Gasteiger partial charge in [-0.1, -0.05) is 18.2 Å². The van der Waals surface area contributed by atoms with Crippen molar-refractivity contribution in [3.05, 3.63) is 34.9 Å². The number of hydrogen-bond acceptors (Lipinski definition) is 3. The second kappa shape index (κ2) is 6.84. The van der Waals surface area contributed by atoms with E-state index in [0.717, 1.165) is 12.8 Å². The van der Waals surface area contributed by atoms with E-state index in [9.17, 15) is 10.1 Å². The highest BCUT2D eigenvalue weighted by molar-refractivity contribution is 5.68. The normalized spacial score (nSPS) is 17.2. The molecule has 130 valence electrons. The van der Waals surface area contributed by atoms with Gasteiger partial charge in [-0.05, 0) is 64.2 Å². The molecule has 1 saturated heterocycles. The quantitative estimate of drug-likeness (QED) is 0.804. The van der Waals surface area contributed by atoms with Crippen molar-refractivity contribution < 1.29 is 9.53 Å². The van der Waals surface area contributed by atoms with E-state index >= 15 is 0 Å². The summed E-state index contributed by atoms with van der Waals surface area (Å²) < 4.78 is 5.47. The molecular weight excluding hydrogens is 300 g/mol. The monoisotopic (exact) mass is 328 g/mol. The van der Waals surface area contributed by atoms with E-state index in [2.05, 4.69) is 38.1 Å². The minimum absolute atomic E-state index is 0.161. The fourth-order valence-electron chi connectivity index (χ4n) is 3.23. The van der Waals surface area contributed by atoms with Gasteiger partial charge >= 0.3 is 6.09 Å². The van der Waals surface area contributed by atoms with E-state index in [1.807, 2.05) is 20.8 Å². The summed E-state index contributed by atoms with van der Waals surface area (Å²) in [5, 5.41) is 9.34. The molecule has 1 fully saturated rings. The molecule has 1 aliphatic rings. The van der Waals surface area contributed by atoms with Crippen molar-refractivity contribution in [3.63, 3.8) is 0 Å². The molecule has 0 aromatic heterocycles. The third kappa shape index (κ3) is 4.08. The fourth-order valence-corrected chi connectivity index (χ4v) is 3.23. The number of benzene rings is 1. The lowest BCUT2D eigenvalue weighted by Crippen LogP contribution is -2.46. The smallest absolute Gasteiger partial charge is 0.410 e. The van der Waals surface area contributed by atoms with Crippen molar-refractivity contribution in [3.8, 4) is 6.07 Å². The molecule has 2 rings (SSSR count). The molecule has 1 aromatic carbocycles. The zero-order valence-corrected chi connectivity index (χ0v) is 15.5. The van der Waals surface area contributed by atoms with E-state index in [4.69, 9.17) is 4.74 Å². The Morgan fingerprint density at radius 2 is 1.88 bits per heavy atom. The Hall–Kier alpha value is -2.02. The molecule has 0 N–H and O–H groups in total. The Morgan fingerprint density at radius 1 is 1.25 bits per heavy atom. The Bertz CT molecular complexity index is 645. The van der Waals surface area contributed by atoms with Crippen LogP contribution in [0.4, 0.5) is 4.79 Å². The summed E-state index contributed by atoms with van der Waals surface area (Å²) in [6.45, 7) is 11.1. The number of likely N-dealkylation sites (tertiary alicyclic amines) is 1. The molecule has 1 heterocycles. The fraction of sp³-hybridized carbons (Fsp3) is 0.600. The molecule has 0 atom stereocenters. The van der Waals surface area contributed by atoms with Crippen LogP contribution in [0.3, 0.4) is 0 Å². The molecule has 4 nitrogen and oxygen atoms in total. The van der Waals surface area contributed by atoms with Crippen LogP contribution in [0.15, 0.2) is 18.2 Å². The van der Waals surface area contributed by atoms with E-state index in [-0.39, 0.29) is 11.5 Å². The largest absolute Gasteiger partial charge is 0.444 e. The third-order valence-electron chi connectivity index (χ3n) is 4.91. The molecule has 0 unspecified atom stereocenters. The maximum absolute atomic E-state index is 12.3. The van der Waals surface area contributed by atoms with Gasteiger partial charge in [-0.3, -0.25) is 0 Å². The van der Waals surface area contributed by atoms with E-state index in [0.29, 0.717) is 19.5 Å². The topological polar surface area (TPSA) is 53.3 Å². The maximum atomic E-state index is 12.3. The zero-order valence-electron chi connectivity index (χ0n) is 15.5. The van der Waals surface area contributed by atoms with Crippen molar-refractivity contribution in [1.29, 1.82) is 5.26 Å². The van der Waals surface area contributed by atoms with E-state index < -0.39 is 5.60 Å². The van der Waals surface area contributed by atoms with Crippen LogP contribution in [-0.4, -0.2) is 29.7 Å². The van der Waals surface area contributed by atoms with Crippen LogP contribution in [0, 0.1) is 25.2 Å². The first-order chi connectivity index (χ1) is 11.2. The molecule has 0 saturated carbocycles. The number of carbonyl (C=O) groups excluding carboxylic acids is 1. The highest BCUT2D eigenvalue weighted by Crippen LogP contribution is 2.39. The third-order valence-corrected chi connectivity index (χ3v) is 4.91. The lowest BCUT2D eigenvalue weighted by Gasteiger charge is -2.41. The molecule has 1 amide bonds. The molecule has 0 bridgehead atoms. The first-order valence-corrected chi connectivity index (χ1v) is 8.59. The van der Waals surface area contributed by atoms with Gasteiger partial charge in [0.25, 0.3) is 0 Å². The molecule has 4 heteroatoms. The Balaban J connectivity index is 2.16. The predicted molar refractivity (Wildman–Crippen MR) is 94.9 cm³/mol. The number of nitriles is 1. The number of hydrogen-bond donors (Lipinski definition) is 0. The van der Waals surface area contributed by atoms with Crippen LogP contribution < -0.4 is 0 Å². The second-order valence-corrected chi connectivity index (χ2v) is 7.88. The van der Waals surface area contributed by atoms with Gasteiger partial charge in [-0.2, -0.15) is 5.26 Å². The van der Waals surface area contributed by atoms with Crippen molar-refractivity contribution in [1.82, 2.24) is 4.90 Å². The first kappa shape index (κ1) is 18.3. The first-order valence-electron chi connectivity index (χ1n) is 8.59. The van der Waals surface area contributed by atoms with Crippen molar-refractivity contribution in [2.45, 2.75) is 64.9 Å². The second-order valence-electron chi connectivity index (χ2n) is 7.88. The van der Waals surface area contributed by atoms with Crippen molar-refractivity contribution in [2.24, 2.45) is 0 Å². The van der Waals surface area contributed by atoms with Gasteiger partial charge in [0.15, 0.2) is 0 Å².